The van der Waals surface area contributed by atoms with Crippen molar-refractivity contribution >= 4 is 5.97 Å². The fourth-order valence-electron chi connectivity index (χ4n) is 14.5. The molecule has 0 amide bonds. The molecule has 418 valence electrons. The zero-order valence-corrected chi connectivity index (χ0v) is 44.5. The Labute approximate surface area is 429 Å². The molecular formula is C53H86O20. The maximum Gasteiger partial charge on any atom is 0.333 e. The Balaban J connectivity index is 0.865. The largest absolute Gasteiger partial charge is 0.458 e. The molecule has 0 bridgehead atoms. The maximum absolute atomic E-state index is 13.4. The van der Waals surface area contributed by atoms with Crippen molar-refractivity contribution in [1.29, 1.82) is 0 Å². The highest BCUT2D eigenvalue weighted by molar-refractivity contribution is 5.87. The third-order valence-electron chi connectivity index (χ3n) is 18.9. The average molecular weight is 1040 g/mol. The lowest BCUT2D eigenvalue weighted by molar-refractivity contribution is -0.373. The van der Waals surface area contributed by atoms with E-state index in [1.54, 1.807) is 41.1 Å². The van der Waals surface area contributed by atoms with Crippen LogP contribution in [0.1, 0.15) is 113 Å². The van der Waals surface area contributed by atoms with Gasteiger partial charge in [0.2, 0.25) is 0 Å². The van der Waals surface area contributed by atoms with Crippen LogP contribution >= 0.6 is 0 Å². The first-order valence-electron chi connectivity index (χ1n) is 26.7. The van der Waals surface area contributed by atoms with E-state index < -0.39 is 140 Å². The quantitative estimate of drug-likeness (QED) is 0.0705. The summed E-state index contributed by atoms with van der Waals surface area (Å²) in [6.07, 6.45) is -9.40. The predicted octanol–water partition coefficient (Wildman–Crippen LogP) is 2.31. The number of fused-ring (bicyclic) bond motifs is 5. The molecule has 27 atom stereocenters. The number of hydrogen-bond acceptors (Lipinski definition) is 20. The van der Waals surface area contributed by atoms with E-state index in [2.05, 4.69) is 13.0 Å². The van der Waals surface area contributed by atoms with E-state index in [4.69, 9.17) is 56.8 Å². The molecule has 4 heterocycles. The third kappa shape index (κ3) is 10.5. The summed E-state index contributed by atoms with van der Waals surface area (Å²) < 4.78 is 74.4. The Morgan fingerprint density at radius 1 is 0.753 bits per heavy atom. The molecule has 0 aromatic rings. The minimum atomic E-state index is -1.67. The lowest BCUT2D eigenvalue weighted by Crippen LogP contribution is -2.67. The molecule has 4 aliphatic carbocycles. The number of aliphatic hydroxyl groups is 7. The second-order valence-electron chi connectivity index (χ2n) is 22.8. The molecule has 8 rings (SSSR count). The number of allylic oxidation sites excluding steroid dienone is 2. The molecule has 20 heteroatoms. The van der Waals surface area contributed by atoms with Crippen molar-refractivity contribution in [2.45, 2.75) is 248 Å². The topological polar surface area (TPSA) is 269 Å². The molecule has 4 saturated heterocycles. The van der Waals surface area contributed by atoms with Crippen LogP contribution < -0.4 is 0 Å². The van der Waals surface area contributed by atoms with Gasteiger partial charge < -0.3 is 92.6 Å². The Hall–Kier alpha value is -1.77. The molecule has 0 aromatic carbocycles. The number of carbonyl (C=O) groups excluding carboxylic acids is 1. The predicted molar refractivity (Wildman–Crippen MR) is 257 cm³/mol. The van der Waals surface area contributed by atoms with Gasteiger partial charge in [-0.2, -0.15) is 0 Å². The zero-order valence-electron chi connectivity index (χ0n) is 44.5. The van der Waals surface area contributed by atoms with Crippen molar-refractivity contribution in [1.82, 2.24) is 0 Å². The average Bonchev–Trinajstić information content (AvgIpc) is 3.65. The Bertz CT molecular complexity index is 1940. The smallest absolute Gasteiger partial charge is 0.333 e. The number of hydrogen-bond donors (Lipinski definition) is 7. The van der Waals surface area contributed by atoms with Crippen molar-refractivity contribution in [3.05, 3.63) is 23.3 Å². The number of carbonyl (C=O) groups is 1. The van der Waals surface area contributed by atoms with Crippen LogP contribution in [0, 0.1) is 28.6 Å². The second kappa shape index (κ2) is 22.9. The van der Waals surface area contributed by atoms with Crippen molar-refractivity contribution in [2.75, 3.05) is 27.9 Å². The van der Waals surface area contributed by atoms with Crippen LogP contribution in [0.15, 0.2) is 23.3 Å². The van der Waals surface area contributed by atoms with E-state index in [1.165, 1.54) is 12.7 Å². The highest BCUT2D eigenvalue weighted by Crippen LogP contribution is 2.69. The maximum atomic E-state index is 13.4. The number of aliphatic hydroxyl groups excluding tert-OH is 6. The van der Waals surface area contributed by atoms with E-state index in [1.807, 2.05) is 27.7 Å². The molecule has 7 N–H and O–H groups in total. The molecule has 0 aromatic heterocycles. The fourth-order valence-corrected chi connectivity index (χ4v) is 14.5. The summed E-state index contributed by atoms with van der Waals surface area (Å²) in [5.74, 6) is -0.562. The van der Waals surface area contributed by atoms with Crippen LogP contribution in [-0.4, -0.2) is 204 Å². The van der Waals surface area contributed by atoms with Crippen molar-refractivity contribution < 1.29 is 97.4 Å². The van der Waals surface area contributed by atoms with E-state index in [0.29, 0.717) is 44.1 Å². The van der Waals surface area contributed by atoms with Crippen molar-refractivity contribution in [3.63, 3.8) is 0 Å². The highest BCUT2D eigenvalue weighted by atomic mass is 16.8. The molecule has 20 nitrogen and oxygen atoms in total. The molecule has 3 saturated carbocycles. The normalized spacial score (nSPS) is 50.8. The van der Waals surface area contributed by atoms with Crippen LogP contribution in [0.3, 0.4) is 0 Å². The summed E-state index contributed by atoms with van der Waals surface area (Å²) in [5, 5.41) is 76.2. The van der Waals surface area contributed by atoms with Gasteiger partial charge in [0.25, 0.3) is 0 Å². The Morgan fingerprint density at radius 2 is 1.36 bits per heavy atom. The Kier molecular flexibility index (Phi) is 18.0. The van der Waals surface area contributed by atoms with Gasteiger partial charge in [-0.25, -0.2) is 4.79 Å². The van der Waals surface area contributed by atoms with Gasteiger partial charge in [-0.15, -0.1) is 0 Å². The second-order valence-corrected chi connectivity index (χ2v) is 22.8. The van der Waals surface area contributed by atoms with Crippen molar-refractivity contribution in [2.24, 2.45) is 28.6 Å². The summed E-state index contributed by atoms with van der Waals surface area (Å²) in [5.41, 5.74) is -0.339. The molecule has 7 fully saturated rings. The third-order valence-corrected chi connectivity index (χ3v) is 18.9. The van der Waals surface area contributed by atoms with Crippen LogP contribution in [0.4, 0.5) is 0 Å². The van der Waals surface area contributed by atoms with Crippen LogP contribution in [-0.2, 0) is 61.6 Å². The zero-order chi connectivity index (χ0) is 53.1. The molecule has 4 aliphatic heterocycles. The summed E-state index contributed by atoms with van der Waals surface area (Å²) in [7, 11) is 4.57. The number of rotatable bonds is 15. The van der Waals surface area contributed by atoms with Gasteiger partial charge in [-0.1, -0.05) is 31.6 Å². The van der Waals surface area contributed by atoms with E-state index >= 15 is 0 Å². The van der Waals surface area contributed by atoms with Crippen LogP contribution in [0.2, 0.25) is 0 Å². The molecular weight excluding hydrogens is 957 g/mol. The first kappa shape index (κ1) is 57.4. The van der Waals surface area contributed by atoms with E-state index in [0.717, 1.165) is 12.8 Å². The van der Waals surface area contributed by atoms with E-state index in [-0.39, 0.29) is 41.7 Å². The molecule has 8 aliphatic rings. The summed E-state index contributed by atoms with van der Waals surface area (Å²) >= 11 is 0. The van der Waals surface area contributed by atoms with Gasteiger partial charge in [0.05, 0.1) is 54.9 Å². The first-order chi connectivity index (χ1) is 34.6. The van der Waals surface area contributed by atoms with Crippen LogP contribution in [0.25, 0.3) is 0 Å². The van der Waals surface area contributed by atoms with E-state index in [9.17, 15) is 40.5 Å². The SMILES string of the molecule is C/C=C(\C)C(=O)O[C@@H]1C[C@H]2[C@@H](CC=C3C[C@@H](O[C@H]4C[C@H](OC)[C@@H](O[C@H]5C[C@H](OC)[C@@H](O[C@@H]6O[C@H](C)[C@@H](O[C@@H]7O[C@H](CO)[C@@H](O)[C@H](O)[C@H]7O)[C@H](OC)[C@H]6O)[C@@H](C)O5)[C@@H](C)O4)CC[C@@]32C)[C@@]2(O)CC[C@H]([C@H](C)O)[C@@]12C. The van der Waals surface area contributed by atoms with Crippen molar-refractivity contribution in [3.8, 4) is 0 Å². The summed E-state index contributed by atoms with van der Waals surface area (Å²) in [6.45, 7) is 14.5. The minimum absolute atomic E-state index is 0.0426. The van der Waals surface area contributed by atoms with Gasteiger partial charge in [0, 0.05) is 45.2 Å². The highest BCUT2D eigenvalue weighted by Gasteiger charge is 2.71. The lowest BCUT2D eigenvalue weighted by Gasteiger charge is -2.63. The fraction of sp³-hybridized carbons (Fsp3) is 0.906. The number of methoxy groups -OCH3 is 3. The first-order valence-corrected chi connectivity index (χ1v) is 26.7. The summed E-state index contributed by atoms with van der Waals surface area (Å²) in [6, 6.07) is 0. The minimum Gasteiger partial charge on any atom is -0.458 e. The number of esters is 1. The van der Waals surface area contributed by atoms with Gasteiger partial charge in [0.15, 0.2) is 25.2 Å². The summed E-state index contributed by atoms with van der Waals surface area (Å²) in [4.78, 5) is 13.4. The van der Waals surface area contributed by atoms with Gasteiger partial charge in [-0.05, 0) is 110 Å². The molecule has 0 unspecified atom stereocenters. The van der Waals surface area contributed by atoms with Gasteiger partial charge >= 0.3 is 5.97 Å². The molecule has 73 heavy (non-hydrogen) atoms. The van der Waals surface area contributed by atoms with Crippen LogP contribution in [0.5, 0.6) is 0 Å². The Morgan fingerprint density at radius 3 is 1.96 bits per heavy atom. The number of ether oxygens (including phenoxy) is 12. The van der Waals surface area contributed by atoms with Gasteiger partial charge in [-0.3, -0.25) is 0 Å². The lowest BCUT2D eigenvalue weighted by atomic mass is 9.44. The molecule has 0 spiro atoms. The standard InChI is InChI=1S/C53H86O20/c1-12-24(2)48(60)70-37-20-33-32(53(61)18-16-31(25(3)55)52(37,53)8)14-13-29-19-30(15-17-51(29,33)7)68-38-21-34(62-9)44(26(4)65-38)71-39-22-35(63-10)45(27(5)66-39)72-50-43(59)47(64-11)46(28(6)67-50)73-49-42(58)41(57)40(56)36(23-54)69-49/h12-13,25-28,30-47,49-50,54-59,61H,14-23H2,1-11H3/b24-12+/t25-,26+,27+,28+,30-,31+,32+,33-,34-,35-,36+,37+,38-,39-,40+,41-,42+,43+,44-,45-,46+,47+,49-,50-,51-,52-,53-/m0/s1. The van der Waals surface area contributed by atoms with Gasteiger partial charge in [0.1, 0.15) is 61.0 Å². The monoisotopic (exact) mass is 1040 g/mol. The molecule has 0 radical (unpaired) electrons.